The summed E-state index contributed by atoms with van der Waals surface area (Å²) in [5.74, 6) is -4.76. The fraction of sp³-hybridized carbons (Fsp3) is 0.333. The van der Waals surface area contributed by atoms with Gasteiger partial charge < -0.3 is 9.52 Å². The molecule has 0 saturated heterocycles. The summed E-state index contributed by atoms with van der Waals surface area (Å²) in [6, 6.07) is 4.84. The van der Waals surface area contributed by atoms with Crippen LogP contribution in [0, 0.1) is 5.92 Å². The molecule has 2 nitrogen and oxygen atoms in total. The molecular formula is C12H7ClF6O2. The first-order valence-electron chi connectivity index (χ1n) is 5.50. The Bertz CT molecular complexity index is 631. The second kappa shape index (κ2) is 5.10. The molecule has 21 heavy (non-hydrogen) atoms. The Hall–Kier alpha value is -1.41. The van der Waals surface area contributed by atoms with Crippen LogP contribution in [0.4, 0.5) is 26.3 Å². The van der Waals surface area contributed by atoms with E-state index in [1.165, 1.54) is 18.2 Å². The fourth-order valence-electron chi connectivity index (χ4n) is 1.89. The zero-order valence-electron chi connectivity index (χ0n) is 9.97. The minimum Gasteiger partial charge on any atom is -0.458 e. The van der Waals surface area contributed by atoms with Crippen LogP contribution < -0.4 is 0 Å². The monoisotopic (exact) mass is 332 g/mol. The largest absolute Gasteiger partial charge is 0.458 e. The van der Waals surface area contributed by atoms with Crippen LogP contribution in [-0.2, 0) is 0 Å². The predicted molar refractivity (Wildman–Crippen MR) is 61.8 cm³/mol. The van der Waals surface area contributed by atoms with Crippen molar-refractivity contribution in [1.29, 1.82) is 0 Å². The molecule has 0 aliphatic rings. The lowest BCUT2D eigenvalue weighted by atomic mass is 9.99. The van der Waals surface area contributed by atoms with Gasteiger partial charge in [0.2, 0.25) is 0 Å². The highest BCUT2D eigenvalue weighted by Gasteiger charge is 2.61. The van der Waals surface area contributed by atoms with Gasteiger partial charge in [0.05, 0.1) is 0 Å². The maximum Gasteiger partial charge on any atom is 0.403 e. The van der Waals surface area contributed by atoms with Gasteiger partial charge in [-0.25, -0.2) is 0 Å². The van der Waals surface area contributed by atoms with Crippen LogP contribution in [0.3, 0.4) is 0 Å². The topological polar surface area (TPSA) is 33.4 Å². The van der Waals surface area contributed by atoms with Gasteiger partial charge in [-0.05, 0) is 24.3 Å². The van der Waals surface area contributed by atoms with Gasteiger partial charge in [0.15, 0.2) is 5.92 Å². The number of aliphatic hydroxyl groups is 1. The van der Waals surface area contributed by atoms with E-state index in [1.807, 2.05) is 0 Å². The van der Waals surface area contributed by atoms with Gasteiger partial charge in [-0.15, -0.1) is 0 Å². The van der Waals surface area contributed by atoms with E-state index in [4.69, 9.17) is 16.0 Å². The molecule has 1 unspecified atom stereocenters. The highest BCUT2D eigenvalue weighted by atomic mass is 35.5. The summed E-state index contributed by atoms with van der Waals surface area (Å²) < 4.78 is 80.0. The number of alkyl halides is 6. The minimum atomic E-state index is -5.66. The lowest BCUT2D eigenvalue weighted by molar-refractivity contribution is -0.309. The third kappa shape index (κ3) is 3.26. The smallest absolute Gasteiger partial charge is 0.403 e. The highest BCUT2D eigenvalue weighted by Crippen LogP contribution is 2.47. The third-order valence-electron chi connectivity index (χ3n) is 2.81. The van der Waals surface area contributed by atoms with Crippen molar-refractivity contribution in [3.63, 3.8) is 0 Å². The molecule has 1 atom stereocenters. The van der Waals surface area contributed by atoms with Crippen molar-refractivity contribution >= 4 is 22.6 Å². The standard InChI is InChI=1S/C12H7ClF6O2/c13-6-1-2-7-5(3-6)4-8(21-7)9(20)10(11(14,15)16)12(17,18)19/h1-4,9-10,20H. The van der Waals surface area contributed by atoms with Crippen molar-refractivity contribution < 1.29 is 35.9 Å². The first kappa shape index (κ1) is 16.0. The van der Waals surface area contributed by atoms with Gasteiger partial charge in [-0.2, -0.15) is 26.3 Å². The molecule has 0 fully saturated rings. The molecule has 2 aromatic rings. The molecule has 0 aliphatic carbocycles. The summed E-state index contributed by atoms with van der Waals surface area (Å²) >= 11 is 5.65. The van der Waals surface area contributed by atoms with Crippen LogP contribution >= 0.6 is 11.6 Å². The molecule has 1 heterocycles. The van der Waals surface area contributed by atoms with Gasteiger partial charge in [0.1, 0.15) is 17.4 Å². The summed E-state index contributed by atoms with van der Waals surface area (Å²) in [6.45, 7) is 0. The number of furan rings is 1. The highest BCUT2D eigenvalue weighted by molar-refractivity contribution is 6.31. The van der Waals surface area contributed by atoms with Crippen molar-refractivity contribution in [3.8, 4) is 0 Å². The average molecular weight is 333 g/mol. The van der Waals surface area contributed by atoms with E-state index in [2.05, 4.69) is 0 Å². The van der Waals surface area contributed by atoms with Crippen molar-refractivity contribution in [1.82, 2.24) is 0 Å². The van der Waals surface area contributed by atoms with Crippen LogP contribution in [0.1, 0.15) is 11.9 Å². The van der Waals surface area contributed by atoms with E-state index in [0.717, 1.165) is 6.07 Å². The average Bonchev–Trinajstić information content (AvgIpc) is 2.67. The van der Waals surface area contributed by atoms with E-state index >= 15 is 0 Å². The quantitative estimate of drug-likeness (QED) is 0.797. The zero-order chi connectivity index (χ0) is 16.0. The van der Waals surface area contributed by atoms with Crippen molar-refractivity contribution in [2.24, 2.45) is 5.92 Å². The molecule has 1 N–H and O–H groups in total. The number of fused-ring (bicyclic) bond motifs is 1. The molecule has 2 rings (SSSR count). The Kier molecular flexibility index (Phi) is 3.88. The van der Waals surface area contributed by atoms with Gasteiger partial charge in [0, 0.05) is 10.4 Å². The molecule has 0 spiro atoms. The molecule has 1 aromatic carbocycles. The Morgan fingerprint density at radius 3 is 2.10 bits per heavy atom. The Morgan fingerprint density at radius 1 is 1.00 bits per heavy atom. The summed E-state index contributed by atoms with van der Waals surface area (Å²) in [7, 11) is 0. The van der Waals surface area contributed by atoms with Crippen LogP contribution in [-0.4, -0.2) is 17.5 Å². The van der Waals surface area contributed by atoms with E-state index in [-0.39, 0.29) is 16.0 Å². The Morgan fingerprint density at radius 2 is 1.57 bits per heavy atom. The maximum absolute atomic E-state index is 12.5. The number of halogens is 7. The Balaban J connectivity index is 2.46. The maximum atomic E-state index is 12.5. The van der Waals surface area contributed by atoms with E-state index in [1.54, 1.807) is 0 Å². The summed E-state index contributed by atoms with van der Waals surface area (Å²) in [4.78, 5) is 0. The molecule has 0 saturated carbocycles. The van der Waals surface area contributed by atoms with Crippen molar-refractivity contribution in [3.05, 3.63) is 35.0 Å². The molecule has 1 aromatic heterocycles. The number of aliphatic hydroxyl groups excluding tert-OH is 1. The first-order valence-corrected chi connectivity index (χ1v) is 5.88. The predicted octanol–water partition coefficient (Wildman–Crippen LogP) is 4.86. The third-order valence-corrected chi connectivity index (χ3v) is 3.05. The van der Waals surface area contributed by atoms with Gasteiger partial charge in [0.25, 0.3) is 0 Å². The van der Waals surface area contributed by atoms with Crippen LogP contribution in [0.15, 0.2) is 28.7 Å². The van der Waals surface area contributed by atoms with E-state index in [9.17, 15) is 31.4 Å². The molecule has 9 heteroatoms. The number of rotatable bonds is 2. The summed E-state index contributed by atoms with van der Waals surface area (Å²) in [5.41, 5.74) is 0.0246. The van der Waals surface area contributed by atoms with Crippen molar-refractivity contribution in [2.75, 3.05) is 0 Å². The molecule has 0 bridgehead atoms. The second-order valence-electron chi connectivity index (χ2n) is 4.34. The van der Waals surface area contributed by atoms with E-state index < -0.39 is 30.1 Å². The van der Waals surface area contributed by atoms with Gasteiger partial charge in [-0.3, -0.25) is 0 Å². The first-order chi connectivity index (χ1) is 9.50. The molecular weight excluding hydrogens is 326 g/mol. The van der Waals surface area contributed by atoms with Crippen molar-refractivity contribution in [2.45, 2.75) is 18.5 Å². The number of hydrogen-bond donors (Lipinski definition) is 1. The van der Waals surface area contributed by atoms with E-state index in [0.29, 0.717) is 0 Å². The summed E-state index contributed by atoms with van der Waals surface area (Å²) in [5, 5.41) is 9.88. The van der Waals surface area contributed by atoms with Gasteiger partial charge >= 0.3 is 12.4 Å². The zero-order valence-corrected chi connectivity index (χ0v) is 10.7. The SMILES string of the molecule is OC(c1cc2cc(Cl)ccc2o1)C(C(F)(F)F)C(F)(F)F. The lowest BCUT2D eigenvalue weighted by Gasteiger charge is -2.26. The normalized spacial score (nSPS) is 14.9. The number of benzene rings is 1. The lowest BCUT2D eigenvalue weighted by Crippen LogP contribution is -2.40. The summed E-state index contributed by atoms with van der Waals surface area (Å²) in [6.07, 6.45) is -14.2. The molecule has 116 valence electrons. The van der Waals surface area contributed by atoms with Crippen LogP contribution in [0.5, 0.6) is 0 Å². The second-order valence-corrected chi connectivity index (χ2v) is 4.77. The molecule has 0 radical (unpaired) electrons. The van der Waals surface area contributed by atoms with Gasteiger partial charge in [-0.1, -0.05) is 11.6 Å². The fourth-order valence-corrected chi connectivity index (χ4v) is 2.07. The minimum absolute atomic E-state index is 0.0246. The Labute approximate surface area is 118 Å². The molecule has 0 amide bonds. The molecule has 0 aliphatic heterocycles. The van der Waals surface area contributed by atoms with Crippen LogP contribution in [0.25, 0.3) is 11.0 Å². The number of hydrogen-bond acceptors (Lipinski definition) is 2. The van der Waals surface area contributed by atoms with Crippen LogP contribution in [0.2, 0.25) is 5.02 Å².